The van der Waals surface area contributed by atoms with Crippen LogP contribution in [-0.4, -0.2) is 8.42 Å². The van der Waals surface area contributed by atoms with E-state index in [2.05, 4.69) is 4.72 Å². The van der Waals surface area contributed by atoms with Crippen LogP contribution in [0.5, 0.6) is 0 Å². The molecule has 21 heavy (non-hydrogen) atoms. The maximum atomic E-state index is 13.1. The van der Waals surface area contributed by atoms with Gasteiger partial charge in [0.25, 0.3) is 10.0 Å². The van der Waals surface area contributed by atoms with Crippen molar-refractivity contribution in [2.45, 2.75) is 4.90 Å². The Labute approximate surface area is 124 Å². The number of halogens is 3. The highest BCUT2D eigenvalue weighted by Crippen LogP contribution is 2.25. The molecule has 0 atom stereocenters. The molecular weight excluding hydrogens is 322 g/mol. The number of nitriles is 1. The molecule has 8 heteroatoms. The van der Waals surface area contributed by atoms with Gasteiger partial charge in [-0.25, -0.2) is 17.2 Å². The highest BCUT2D eigenvalue weighted by Gasteiger charge is 2.19. The molecule has 1 N–H and O–H groups in total. The van der Waals surface area contributed by atoms with Crippen LogP contribution in [0.2, 0.25) is 5.02 Å². The summed E-state index contributed by atoms with van der Waals surface area (Å²) in [6, 6.07) is 8.06. The number of hydrogen-bond donors (Lipinski definition) is 1. The van der Waals surface area contributed by atoms with Crippen molar-refractivity contribution in [3.8, 4) is 6.07 Å². The summed E-state index contributed by atoms with van der Waals surface area (Å²) < 4.78 is 52.3. The van der Waals surface area contributed by atoms with Crippen molar-refractivity contribution < 1.29 is 17.2 Å². The number of sulfonamides is 1. The van der Waals surface area contributed by atoms with Gasteiger partial charge in [-0.05, 0) is 30.3 Å². The van der Waals surface area contributed by atoms with Crippen LogP contribution < -0.4 is 4.72 Å². The number of rotatable bonds is 3. The fraction of sp³-hybridized carbons (Fsp3) is 0. The Hall–Kier alpha value is -2.17. The third kappa shape index (κ3) is 3.29. The second kappa shape index (κ2) is 5.68. The maximum absolute atomic E-state index is 13.1. The summed E-state index contributed by atoms with van der Waals surface area (Å²) in [5.74, 6) is -2.28. The standard InChI is InChI=1S/C13H7ClF2N2O2S/c14-10-3-1-8(7-17)5-13(10)21(19,20)18-9-2-4-11(15)12(16)6-9/h1-6,18H. The Kier molecular flexibility index (Phi) is 4.11. The van der Waals surface area contributed by atoms with E-state index in [1.54, 1.807) is 6.07 Å². The van der Waals surface area contributed by atoms with E-state index in [9.17, 15) is 17.2 Å². The largest absolute Gasteiger partial charge is 0.279 e. The Bertz CT molecular complexity index is 848. The van der Waals surface area contributed by atoms with E-state index in [0.717, 1.165) is 18.2 Å². The molecule has 0 aliphatic rings. The molecule has 0 unspecified atom stereocenters. The molecule has 0 amide bonds. The normalized spacial score (nSPS) is 11.0. The maximum Gasteiger partial charge on any atom is 0.263 e. The predicted octanol–water partition coefficient (Wildman–Crippen LogP) is 3.29. The zero-order chi connectivity index (χ0) is 15.6. The summed E-state index contributed by atoms with van der Waals surface area (Å²) in [6.07, 6.45) is 0. The summed E-state index contributed by atoms with van der Waals surface area (Å²) in [6.45, 7) is 0. The van der Waals surface area contributed by atoms with E-state index < -0.39 is 21.7 Å². The Balaban J connectivity index is 2.43. The van der Waals surface area contributed by atoms with Gasteiger partial charge >= 0.3 is 0 Å². The molecule has 0 aliphatic carbocycles. The van der Waals surface area contributed by atoms with Crippen LogP contribution in [0.3, 0.4) is 0 Å². The first-order chi connectivity index (χ1) is 9.83. The molecule has 0 spiro atoms. The number of nitrogens with one attached hydrogen (secondary N) is 1. The lowest BCUT2D eigenvalue weighted by Gasteiger charge is -2.10. The molecule has 0 bridgehead atoms. The van der Waals surface area contributed by atoms with Crippen molar-refractivity contribution in [1.29, 1.82) is 5.26 Å². The van der Waals surface area contributed by atoms with Gasteiger partial charge in [-0.15, -0.1) is 0 Å². The zero-order valence-corrected chi connectivity index (χ0v) is 11.8. The second-order valence-electron chi connectivity index (χ2n) is 3.99. The predicted molar refractivity (Wildman–Crippen MR) is 73.3 cm³/mol. The molecule has 0 saturated carbocycles. The minimum Gasteiger partial charge on any atom is -0.279 e. The van der Waals surface area contributed by atoms with Gasteiger partial charge in [0, 0.05) is 6.07 Å². The molecule has 4 nitrogen and oxygen atoms in total. The van der Waals surface area contributed by atoms with Crippen molar-refractivity contribution in [3.05, 3.63) is 58.6 Å². The van der Waals surface area contributed by atoms with Crippen molar-refractivity contribution in [2.24, 2.45) is 0 Å². The van der Waals surface area contributed by atoms with Gasteiger partial charge in [0.15, 0.2) is 11.6 Å². The fourth-order valence-electron chi connectivity index (χ4n) is 1.55. The number of benzene rings is 2. The summed E-state index contributed by atoms with van der Waals surface area (Å²) >= 11 is 5.80. The molecule has 0 aliphatic heterocycles. The molecule has 0 heterocycles. The molecule has 2 rings (SSSR count). The van der Waals surface area contributed by atoms with E-state index in [0.29, 0.717) is 6.07 Å². The molecule has 0 aromatic heterocycles. The van der Waals surface area contributed by atoms with E-state index in [-0.39, 0.29) is 21.2 Å². The average molecular weight is 329 g/mol. The minimum atomic E-state index is -4.13. The quantitative estimate of drug-likeness (QED) is 0.939. The molecule has 2 aromatic rings. The molecule has 0 radical (unpaired) electrons. The lowest BCUT2D eigenvalue weighted by atomic mass is 10.2. The SMILES string of the molecule is N#Cc1ccc(Cl)c(S(=O)(=O)Nc2ccc(F)c(F)c2)c1. The highest BCUT2D eigenvalue weighted by molar-refractivity contribution is 7.92. The number of hydrogen-bond acceptors (Lipinski definition) is 3. The lowest BCUT2D eigenvalue weighted by molar-refractivity contribution is 0.509. The summed E-state index contributed by atoms with van der Waals surface area (Å²) in [5.41, 5.74) is -0.0580. The van der Waals surface area contributed by atoms with E-state index in [1.807, 2.05) is 0 Å². The first kappa shape index (κ1) is 15.2. The van der Waals surface area contributed by atoms with Gasteiger partial charge < -0.3 is 0 Å². The first-order valence-corrected chi connectivity index (χ1v) is 7.37. The van der Waals surface area contributed by atoms with E-state index in [1.165, 1.54) is 12.1 Å². The van der Waals surface area contributed by atoms with Crippen molar-refractivity contribution in [3.63, 3.8) is 0 Å². The monoisotopic (exact) mass is 328 g/mol. The average Bonchev–Trinajstić information content (AvgIpc) is 2.43. The molecular formula is C13H7ClF2N2O2S. The molecule has 2 aromatic carbocycles. The Morgan fingerprint density at radius 2 is 1.81 bits per heavy atom. The number of anilines is 1. The van der Waals surface area contributed by atoms with Crippen LogP contribution in [0.1, 0.15) is 5.56 Å². The smallest absolute Gasteiger partial charge is 0.263 e. The van der Waals surface area contributed by atoms with Crippen molar-refractivity contribution >= 4 is 27.3 Å². The van der Waals surface area contributed by atoms with Crippen LogP contribution in [0.25, 0.3) is 0 Å². The van der Waals surface area contributed by atoms with Gasteiger partial charge in [0.1, 0.15) is 4.90 Å². The third-order valence-corrected chi connectivity index (χ3v) is 4.38. The molecule has 108 valence electrons. The van der Waals surface area contributed by atoms with Gasteiger partial charge in [0.05, 0.1) is 22.3 Å². The second-order valence-corrected chi connectivity index (χ2v) is 6.05. The highest BCUT2D eigenvalue weighted by atomic mass is 35.5. The van der Waals surface area contributed by atoms with Crippen LogP contribution in [0, 0.1) is 23.0 Å². The minimum absolute atomic E-state index is 0.0934. The fourth-order valence-corrected chi connectivity index (χ4v) is 3.12. The van der Waals surface area contributed by atoms with Gasteiger partial charge in [0.2, 0.25) is 0 Å². The van der Waals surface area contributed by atoms with Crippen LogP contribution in [0.4, 0.5) is 14.5 Å². The van der Waals surface area contributed by atoms with Gasteiger partial charge in [-0.1, -0.05) is 11.6 Å². The van der Waals surface area contributed by atoms with E-state index >= 15 is 0 Å². The summed E-state index contributed by atoms with van der Waals surface area (Å²) in [7, 11) is -4.13. The first-order valence-electron chi connectivity index (χ1n) is 5.51. The molecule has 0 fully saturated rings. The van der Waals surface area contributed by atoms with Crippen molar-refractivity contribution in [2.75, 3.05) is 4.72 Å². The van der Waals surface area contributed by atoms with Crippen LogP contribution >= 0.6 is 11.6 Å². The van der Waals surface area contributed by atoms with Crippen LogP contribution in [-0.2, 0) is 10.0 Å². The summed E-state index contributed by atoms with van der Waals surface area (Å²) in [4.78, 5) is -0.326. The van der Waals surface area contributed by atoms with Crippen LogP contribution in [0.15, 0.2) is 41.3 Å². The third-order valence-electron chi connectivity index (χ3n) is 2.52. The lowest BCUT2D eigenvalue weighted by Crippen LogP contribution is -2.14. The van der Waals surface area contributed by atoms with Gasteiger partial charge in [-0.2, -0.15) is 5.26 Å². The van der Waals surface area contributed by atoms with Crippen molar-refractivity contribution in [1.82, 2.24) is 0 Å². The number of nitrogens with zero attached hydrogens (tertiary/aromatic N) is 1. The van der Waals surface area contributed by atoms with Gasteiger partial charge in [-0.3, -0.25) is 4.72 Å². The zero-order valence-electron chi connectivity index (χ0n) is 10.3. The topological polar surface area (TPSA) is 70.0 Å². The summed E-state index contributed by atoms with van der Waals surface area (Å²) in [5, 5.41) is 8.68. The Morgan fingerprint density at radius 1 is 1.10 bits per heavy atom. The Morgan fingerprint density at radius 3 is 2.43 bits per heavy atom. The van der Waals surface area contributed by atoms with E-state index in [4.69, 9.17) is 16.9 Å². The molecule has 0 saturated heterocycles.